The van der Waals surface area contributed by atoms with Gasteiger partial charge in [0.25, 0.3) is 10.0 Å². The van der Waals surface area contributed by atoms with E-state index in [2.05, 4.69) is 10.3 Å². The molecule has 1 aliphatic rings. The van der Waals surface area contributed by atoms with Gasteiger partial charge >= 0.3 is 0 Å². The highest BCUT2D eigenvalue weighted by Gasteiger charge is 2.36. The third-order valence-corrected chi connectivity index (χ3v) is 7.35. The van der Waals surface area contributed by atoms with Crippen LogP contribution in [0.4, 0.5) is 10.8 Å². The van der Waals surface area contributed by atoms with Gasteiger partial charge in [-0.25, -0.2) is 13.4 Å². The Labute approximate surface area is 171 Å². The number of nitrogens with one attached hydrogen (secondary N) is 1. The van der Waals surface area contributed by atoms with E-state index in [1.54, 1.807) is 24.3 Å². The molecule has 0 atom stereocenters. The second-order valence-corrected chi connectivity index (χ2v) is 9.28. The van der Waals surface area contributed by atoms with E-state index in [0.29, 0.717) is 16.2 Å². The molecule has 5 rings (SSSR count). The smallest absolute Gasteiger partial charge is 0.265 e. The van der Waals surface area contributed by atoms with Crippen LogP contribution < -0.4 is 9.62 Å². The maximum Gasteiger partial charge on any atom is 0.265 e. The molecule has 1 N–H and O–H groups in total. The molecule has 1 aliphatic heterocycles. The van der Waals surface area contributed by atoms with E-state index < -0.39 is 15.9 Å². The van der Waals surface area contributed by atoms with Crippen LogP contribution in [0.15, 0.2) is 77.0 Å². The molecule has 0 radical (unpaired) electrons. The van der Waals surface area contributed by atoms with Gasteiger partial charge < -0.3 is 5.32 Å². The molecule has 2 heterocycles. The van der Waals surface area contributed by atoms with Crippen LogP contribution in [-0.4, -0.2) is 25.9 Å². The Morgan fingerprint density at radius 2 is 1.76 bits per heavy atom. The van der Waals surface area contributed by atoms with E-state index >= 15 is 0 Å². The summed E-state index contributed by atoms with van der Waals surface area (Å²) in [6.45, 7) is -0.309. The van der Waals surface area contributed by atoms with Crippen LogP contribution in [0.5, 0.6) is 0 Å². The van der Waals surface area contributed by atoms with Crippen molar-refractivity contribution in [1.82, 2.24) is 4.98 Å². The zero-order valence-electron chi connectivity index (χ0n) is 15.1. The predicted molar refractivity (Wildman–Crippen MR) is 115 cm³/mol. The number of hydrogen-bond donors (Lipinski definition) is 1. The summed E-state index contributed by atoms with van der Waals surface area (Å²) in [7, 11) is -3.77. The zero-order valence-corrected chi connectivity index (χ0v) is 16.7. The Hall–Kier alpha value is -3.23. The van der Waals surface area contributed by atoms with Crippen molar-refractivity contribution < 1.29 is 13.2 Å². The quantitative estimate of drug-likeness (QED) is 0.538. The Bertz CT molecular complexity index is 1340. The fraction of sp³-hybridized carbons (Fsp3) is 0.0476. The highest BCUT2D eigenvalue weighted by Crippen LogP contribution is 2.41. The van der Waals surface area contributed by atoms with E-state index in [0.717, 1.165) is 20.9 Å². The fourth-order valence-electron chi connectivity index (χ4n) is 3.49. The molecule has 0 spiro atoms. The topological polar surface area (TPSA) is 79.4 Å². The monoisotopic (exact) mass is 421 g/mol. The molecule has 6 nitrogen and oxygen atoms in total. The number of amides is 1. The number of carbonyl (C=O) groups is 1. The largest absolute Gasteiger partial charge is 0.300 e. The maximum atomic E-state index is 13.0. The molecule has 0 fully saturated rings. The zero-order chi connectivity index (χ0) is 20.0. The van der Waals surface area contributed by atoms with Crippen molar-refractivity contribution in [2.24, 2.45) is 0 Å². The SMILES string of the molecule is O=C(CN1c2cccc3cccc(c23)S1(=O)=O)Nc1nc(-c2ccccc2)cs1. The van der Waals surface area contributed by atoms with E-state index in [4.69, 9.17) is 0 Å². The molecular formula is C21H15N3O3S2. The highest BCUT2D eigenvalue weighted by molar-refractivity contribution is 7.93. The van der Waals surface area contributed by atoms with Gasteiger partial charge in [-0.3, -0.25) is 9.10 Å². The van der Waals surface area contributed by atoms with Crippen molar-refractivity contribution >= 4 is 48.9 Å². The maximum absolute atomic E-state index is 13.0. The third-order valence-electron chi connectivity index (χ3n) is 4.79. The van der Waals surface area contributed by atoms with Crippen LogP contribution in [-0.2, 0) is 14.8 Å². The second kappa shape index (κ2) is 6.68. The van der Waals surface area contributed by atoms with Crippen molar-refractivity contribution in [2.45, 2.75) is 4.90 Å². The second-order valence-electron chi connectivity index (χ2n) is 6.60. The lowest BCUT2D eigenvalue weighted by Gasteiger charge is -2.17. The van der Waals surface area contributed by atoms with Gasteiger partial charge in [0.05, 0.1) is 16.3 Å². The van der Waals surface area contributed by atoms with Crippen molar-refractivity contribution in [1.29, 1.82) is 0 Å². The van der Waals surface area contributed by atoms with E-state index in [1.165, 1.54) is 11.3 Å². The van der Waals surface area contributed by atoms with Gasteiger partial charge in [-0.15, -0.1) is 11.3 Å². The average molecular weight is 422 g/mol. The molecular weight excluding hydrogens is 406 g/mol. The summed E-state index contributed by atoms with van der Waals surface area (Å²) in [5.41, 5.74) is 2.24. The van der Waals surface area contributed by atoms with Crippen molar-refractivity contribution in [2.75, 3.05) is 16.2 Å². The Balaban J connectivity index is 1.40. The molecule has 8 heteroatoms. The minimum atomic E-state index is -3.77. The van der Waals surface area contributed by atoms with Crippen molar-refractivity contribution in [3.63, 3.8) is 0 Å². The van der Waals surface area contributed by atoms with Crippen LogP contribution in [0.1, 0.15) is 0 Å². The summed E-state index contributed by atoms with van der Waals surface area (Å²) >= 11 is 1.30. The molecule has 4 aromatic rings. The lowest BCUT2D eigenvalue weighted by atomic mass is 10.1. The molecule has 29 heavy (non-hydrogen) atoms. The minimum Gasteiger partial charge on any atom is -0.300 e. The first-order valence-corrected chi connectivity index (χ1v) is 11.2. The first-order valence-electron chi connectivity index (χ1n) is 8.89. The van der Waals surface area contributed by atoms with Gasteiger partial charge in [-0.2, -0.15) is 0 Å². The summed E-state index contributed by atoms with van der Waals surface area (Å²) in [5.74, 6) is -0.438. The first-order chi connectivity index (χ1) is 14.0. The molecule has 0 saturated heterocycles. The number of anilines is 2. The highest BCUT2D eigenvalue weighted by atomic mass is 32.2. The average Bonchev–Trinajstić information content (AvgIpc) is 3.27. The van der Waals surface area contributed by atoms with Gasteiger partial charge in [0.1, 0.15) is 6.54 Å². The van der Waals surface area contributed by atoms with Crippen LogP contribution in [0.2, 0.25) is 0 Å². The van der Waals surface area contributed by atoms with Crippen LogP contribution in [0.3, 0.4) is 0 Å². The molecule has 1 amide bonds. The standard InChI is InChI=1S/C21H15N3O3S2/c25-19(23-21-22-16(13-28-21)14-6-2-1-3-7-14)12-24-17-10-4-8-15-9-5-11-18(20(15)17)29(24,26)27/h1-11,13H,12H2,(H,22,23,25). The summed E-state index contributed by atoms with van der Waals surface area (Å²) in [6.07, 6.45) is 0. The third kappa shape index (κ3) is 2.97. The van der Waals surface area contributed by atoms with Crippen LogP contribution >= 0.6 is 11.3 Å². The molecule has 144 valence electrons. The number of hydrogen-bond acceptors (Lipinski definition) is 5. The summed E-state index contributed by atoms with van der Waals surface area (Å²) in [4.78, 5) is 17.3. The molecule has 1 aromatic heterocycles. The predicted octanol–water partition coefficient (Wildman–Crippen LogP) is 4.11. The van der Waals surface area contributed by atoms with Crippen molar-refractivity contribution in [3.05, 3.63) is 72.1 Å². The van der Waals surface area contributed by atoms with Crippen LogP contribution in [0, 0.1) is 0 Å². The molecule has 0 unspecified atom stereocenters. The number of carbonyl (C=O) groups excluding carboxylic acids is 1. The molecule has 3 aromatic carbocycles. The van der Waals surface area contributed by atoms with Crippen LogP contribution in [0.25, 0.3) is 22.0 Å². The lowest BCUT2D eigenvalue weighted by molar-refractivity contribution is -0.114. The number of aromatic nitrogens is 1. The molecule has 0 aliphatic carbocycles. The van der Waals surface area contributed by atoms with Gasteiger partial charge in [0.15, 0.2) is 5.13 Å². The van der Waals surface area contributed by atoms with E-state index in [9.17, 15) is 13.2 Å². The van der Waals surface area contributed by atoms with Gasteiger partial charge in [-0.1, -0.05) is 54.6 Å². The van der Waals surface area contributed by atoms with Gasteiger partial charge in [0.2, 0.25) is 5.91 Å². The lowest BCUT2D eigenvalue weighted by Crippen LogP contribution is -2.35. The number of nitrogens with zero attached hydrogens (tertiary/aromatic N) is 2. The Morgan fingerprint density at radius 3 is 2.55 bits per heavy atom. The van der Waals surface area contributed by atoms with Gasteiger partial charge in [-0.05, 0) is 17.5 Å². The summed E-state index contributed by atoms with van der Waals surface area (Å²) in [5, 5.41) is 6.49. The minimum absolute atomic E-state index is 0.235. The van der Waals surface area contributed by atoms with E-state index in [1.807, 2.05) is 47.8 Å². The number of rotatable bonds is 4. The van der Waals surface area contributed by atoms with Gasteiger partial charge in [0, 0.05) is 16.3 Å². The fourth-order valence-corrected chi connectivity index (χ4v) is 5.89. The number of benzene rings is 3. The Kier molecular flexibility index (Phi) is 4.11. The molecule has 0 bridgehead atoms. The normalized spacial score (nSPS) is 14.3. The first kappa shape index (κ1) is 17.8. The molecule has 0 saturated carbocycles. The number of thiazole rings is 1. The number of sulfonamides is 1. The summed E-state index contributed by atoms with van der Waals surface area (Å²) in [6, 6.07) is 20.2. The Morgan fingerprint density at radius 1 is 1.00 bits per heavy atom. The van der Waals surface area contributed by atoms with Crippen molar-refractivity contribution in [3.8, 4) is 11.3 Å². The summed E-state index contributed by atoms with van der Waals surface area (Å²) < 4.78 is 27.1. The van der Waals surface area contributed by atoms with E-state index in [-0.39, 0.29) is 11.4 Å².